The SMILES string of the molecule is CCCCCCCC/C=C/CCCC[C@@H](O)[C@@H](O)[C@H](CO)NC(=O)[C@H](O)CCCCCCCCCCCCCCCCCCCCCC. The molecule has 0 aliphatic rings. The minimum absolute atomic E-state index is 0.369. The van der Waals surface area contributed by atoms with Gasteiger partial charge in [0.2, 0.25) is 5.91 Å². The van der Waals surface area contributed by atoms with Crippen LogP contribution in [0, 0.1) is 0 Å². The van der Waals surface area contributed by atoms with Crippen LogP contribution in [0.15, 0.2) is 12.2 Å². The smallest absolute Gasteiger partial charge is 0.249 e. The Morgan fingerprint density at radius 1 is 0.500 bits per heavy atom. The Morgan fingerprint density at radius 3 is 1.23 bits per heavy atom. The van der Waals surface area contributed by atoms with Gasteiger partial charge in [-0.1, -0.05) is 193 Å². The lowest BCUT2D eigenvalue weighted by Gasteiger charge is -2.27. The van der Waals surface area contributed by atoms with Gasteiger partial charge in [0.1, 0.15) is 12.2 Å². The standard InChI is InChI=1S/C42H83NO5/c1-3-5-7-9-11-13-15-17-18-19-20-21-22-23-24-26-28-30-32-34-36-40(46)42(48)43-38(37-44)41(47)39(45)35-33-31-29-27-25-16-14-12-10-8-6-4-2/h25,27,38-41,44-47H,3-24,26,28-37H2,1-2H3,(H,43,48)/b27-25+/t38-,39+,40+,41-/m0/s1. The van der Waals surface area contributed by atoms with Gasteiger partial charge in [0.25, 0.3) is 0 Å². The Balaban J connectivity index is 3.72. The Morgan fingerprint density at radius 2 is 0.833 bits per heavy atom. The van der Waals surface area contributed by atoms with Gasteiger partial charge in [0.05, 0.1) is 18.8 Å². The lowest BCUT2D eigenvalue weighted by molar-refractivity contribution is -0.132. The van der Waals surface area contributed by atoms with Gasteiger partial charge in [0, 0.05) is 0 Å². The van der Waals surface area contributed by atoms with Crippen LogP contribution in [0.5, 0.6) is 0 Å². The number of aliphatic hydroxyl groups excluding tert-OH is 4. The monoisotopic (exact) mass is 682 g/mol. The highest BCUT2D eigenvalue weighted by atomic mass is 16.3. The molecule has 0 saturated carbocycles. The fourth-order valence-electron chi connectivity index (χ4n) is 6.57. The number of amides is 1. The molecular formula is C42H83NO5. The van der Waals surface area contributed by atoms with Crippen molar-refractivity contribution in [2.45, 2.75) is 244 Å². The first-order chi connectivity index (χ1) is 23.5. The average Bonchev–Trinajstić information content (AvgIpc) is 3.09. The fourth-order valence-corrected chi connectivity index (χ4v) is 6.57. The summed E-state index contributed by atoms with van der Waals surface area (Å²) in [5.41, 5.74) is 0. The molecule has 4 atom stereocenters. The number of hydrogen-bond acceptors (Lipinski definition) is 5. The summed E-state index contributed by atoms with van der Waals surface area (Å²) >= 11 is 0. The number of rotatable bonds is 38. The van der Waals surface area contributed by atoms with Crippen LogP contribution in [0.25, 0.3) is 0 Å². The predicted molar refractivity (Wildman–Crippen MR) is 205 cm³/mol. The molecule has 0 aromatic rings. The molecule has 0 aromatic heterocycles. The van der Waals surface area contributed by atoms with E-state index in [1.165, 1.54) is 148 Å². The van der Waals surface area contributed by atoms with Crippen molar-refractivity contribution in [3.63, 3.8) is 0 Å². The van der Waals surface area contributed by atoms with E-state index in [9.17, 15) is 25.2 Å². The van der Waals surface area contributed by atoms with Gasteiger partial charge in [-0.15, -0.1) is 0 Å². The van der Waals surface area contributed by atoms with Crippen molar-refractivity contribution in [2.75, 3.05) is 6.61 Å². The van der Waals surface area contributed by atoms with Crippen molar-refractivity contribution in [1.82, 2.24) is 5.32 Å². The molecule has 48 heavy (non-hydrogen) atoms. The van der Waals surface area contributed by atoms with Gasteiger partial charge in [-0.2, -0.15) is 0 Å². The maximum absolute atomic E-state index is 12.5. The minimum Gasteiger partial charge on any atom is -0.394 e. The molecule has 0 fully saturated rings. The molecule has 6 nitrogen and oxygen atoms in total. The second kappa shape index (κ2) is 37.3. The molecule has 6 heteroatoms. The number of nitrogens with one attached hydrogen (secondary N) is 1. The predicted octanol–water partition coefficient (Wildman–Crippen LogP) is 10.6. The highest BCUT2D eigenvalue weighted by Crippen LogP contribution is 2.16. The van der Waals surface area contributed by atoms with E-state index in [-0.39, 0.29) is 0 Å². The first-order valence-corrected chi connectivity index (χ1v) is 21.1. The van der Waals surface area contributed by atoms with E-state index < -0.39 is 36.9 Å². The zero-order chi connectivity index (χ0) is 35.3. The molecule has 0 radical (unpaired) electrons. The van der Waals surface area contributed by atoms with Crippen LogP contribution in [0.2, 0.25) is 0 Å². The number of allylic oxidation sites excluding steroid dienone is 2. The van der Waals surface area contributed by atoms with Gasteiger partial charge < -0.3 is 25.7 Å². The zero-order valence-corrected chi connectivity index (χ0v) is 32.0. The largest absolute Gasteiger partial charge is 0.394 e. The van der Waals surface area contributed by atoms with Crippen molar-refractivity contribution >= 4 is 5.91 Å². The van der Waals surface area contributed by atoms with Crippen molar-refractivity contribution < 1.29 is 25.2 Å². The topological polar surface area (TPSA) is 110 Å². The minimum atomic E-state index is -1.27. The van der Waals surface area contributed by atoms with Crippen molar-refractivity contribution in [2.24, 2.45) is 0 Å². The first kappa shape index (κ1) is 47.0. The average molecular weight is 682 g/mol. The second-order valence-electron chi connectivity index (χ2n) is 14.7. The van der Waals surface area contributed by atoms with Crippen molar-refractivity contribution in [1.29, 1.82) is 0 Å². The van der Waals surface area contributed by atoms with Crippen LogP contribution in [-0.4, -0.2) is 57.3 Å². The number of carbonyl (C=O) groups excluding carboxylic acids is 1. The van der Waals surface area contributed by atoms with E-state index in [0.717, 1.165) is 44.9 Å². The molecule has 0 rings (SSSR count). The third kappa shape index (κ3) is 31.1. The van der Waals surface area contributed by atoms with Crippen LogP contribution < -0.4 is 5.32 Å². The third-order valence-electron chi connectivity index (χ3n) is 9.98. The van der Waals surface area contributed by atoms with Gasteiger partial charge in [0.15, 0.2) is 0 Å². The quantitative estimate of drug-likeness (QED) is 0.0329. The third-order valence-corrected chi connectivity index (χ3v) is 9.98. The van der Waals surface area contributed by atoms with Crippen molar-refractivity contribution in [3.05, 3.63) is 12.2 Å². The molecular weight excluding hydrogens is 598 g/mol. The van der Waals surface area contributed by atoms with Gasteiger partial charge in [-0.05, 0) is 38.5 Å². The van der Waals surface area contributed by atoms with E-state index in [4.69, 9.17) is 0 Å². The highest BCUT2D eigenvalue weighted by Gasteiger charge is 2.28. The molecule has 0 aliphatic carbocycles. The first-order valence-electron chi connectivity index (χ1n) is 21.1. The lowest BCUT2D eigenvalue weighted by Crippen LogP contribution is -2.53. The van der Waals surface area contributed by atoms with Crippen LogP contribution in [0.3, 0.4) is 0 Å². The lowest BCUT2D eigenvalue weighted by atomic mass is 9.99. The molecule has 0 aliphatic heterocycles. The summed E-state index contributed by atoms with van der Waals surface area (Å²) < 4.78 is 0. The maximum atomic E-state index is 12.5. The molecule has 0 spiro atoms. The van der Waals surface area contributed by atoms with Crippen LogP contribution >= 0.6 is 0 Å². The molecule has 0 bridgehead atoms. The number of aliphatic hydroxyl groups is 4. The molecule has 1 amide bonds. The molecule has 286 valence electrons. The van der Waals surface area contributed by atoms with E-state index >= 15 is 0 Å². The van der Waals surface area contributed by atoms with E-state index in [1.54, 1.807) is 0 Å². The summed E-state index contributed by atoms with van der Waals surface area (Å²) in [6, 6.07) is -0.991. The maximum Gasteiger partial charge on any atom is 0.249 e. The van der Waals surface area contributed by atoms with Crippen LogP contribution in [-0.2, 0) is 4.79 Å². The van der Waals surface area contributed by atoms with Crippen LogP contribution in [0.4, 0.5) is 0 Å². The molecule has 0 heterocycles. The summed E-state index contributed by atoms with van der Waals surface area (Å²) in [6.45, 7) is 4.03. The Bertz CT molecular complexity index is 687. The molecule has 5 N–H and O–H groups in total. The second-order valence-corrected chi connectivity index (χ2v) is 14.7. The summed E-state index contributed by atoms with van der Waals surface area (Å²) in [7, 11) is 0. The van der Waals surface area contributed by atoms with Crippen molar-refractivity contribution in [3.8, 4) is 0 Å². The summed E-state index contributed by atoms with van der Waals surface area (Å²) in [5.74, 6) is -0.589. The van der Waals surface area contributed by atoms with E-state index in [1.807, 2.05) is 0 Å². The van der Waals surface area contributed by atoms with Gasteiger partial charge >= 0.3 is 0 Å². The highest BCUT2D eigenvalue weighted by molar-refractivity contribution is 5.80. The summed E-state index contributed by atoms with van der Waals surface area (Å²) in [5, 5.41) is 43.5. The van der Waals surface area contributed by atoms with E-state index in [2.05, 4.69) is 31.3 Å². The normalized spacial score (nSPS) is 14.4. The van der Waals surface area contributed by atoms with Gasteiger partial charge in [-0.3, -0.25) is 4.79 Å². The Labute approximate surface area is 298 Å². The summed E-state index contributed by atoms with van der Waals surface area (Å²) in [6.07, 6.45) is 39.6. The number of hydrogen-bond donors (Lipinski definition) is 5. The van der Waals surface area contributed by atoms with Crippen LogP contribution in [0.1, 0.15) is 219 Å². The molecule has 0 aromatic carbocycles. The van der Waals surface area contributed by atoms with E-state index in [0.29, 0.717) is 12.8 Å². The Hall–Kier alpha value is -0.950. The number of unbranched alkanes of at least 4 members (excludes halogenated alkanes) is 27. The van der Waals surface area contributed by atoms with Gasteiger partial charge in [-0.25, -0.2) is 0 Å². The molecule has 0 saturated heterocycles. The molecule has 0 unspecified atom stereocenters. The summed E-state index contributed by atoms with van der Waals surface area (Å²) in [4.78, 5) is 12.5. The Kier molecular flexibility index (Phi) is 36.6. The zero-order valence-electron chi connectivity index (χ0n) is 32.0. The fraction of sp³-hybridized carbons (Fsp3) is 0.929. The number of carbonyl (C=O) groups is 1.